The van der Waals surface area contributed by atoms with Crippen LogP contribution in [0.5, 0.6) is 0 Å². The molecule has 0 atom stereocenters. The van der Waals surface area contributed by atoms with E-state index >= 15 is 0 Å². The van der Waals surface area contributed by atoms with Crippen LogP contribution >= 0.6 is 0 Å². The molecule has 0 unspecified atom stereocenters. The van der Waals surface area contributed by atoms with Gasteiger partial charge in [-0.05, 0) is 19.4 Å². The van der Waals surface area contributed by atoms with E-state index in [-0.39, 0.29) is 12.1 Å². The van der Waals surface area contributed by atoms with Gasteiger partial charge >= 0.3 is 6.09 Å². The molecule has 0 aliphatic rings. The van der Waals surface area contributed by atoms with Crippen LogP contribution in [0.2, 0.25) is 0 Å². The Morgan fingerprint density at radius 2 is 2.00 bits per heavy atom. The van der Waals surface area contributed by atoms with Gasteiger partial charge in [-0.15, -0.1) is 0 Å². The molecule has 4 N–H and O–H groups in total. The highest BCUT2D eigenvalue weighted by Crippen LogP contribution is 2.01. The second-order valence-electron chi connectivity index (χ2n) is 4.44. The monoisotopic (exact) mass is 237 g/mol. The Kier molecular flexibility index (Phi) is 4.93. The fourth-order valence-electron chi connectivity index (χ4n) is 1.12. The van der Waals surface area contributed by atoms with E-state index in [1.165, 1.54) is 0 Å². The van der Waals surface area contributed by atoms with Crippen molar-refractivity contribution in [3.05, 3.63) is 35.9 Å². The lowest BCUT2D eigenvalue weighted by atomic mass is 10.1. The Labute approximate surface area is 101 Å². The molecular formula is C12H19N3O2. The van der Waals surface area contributed by atoms with E-state index in [1.54, 1.807) is 0 Å². The summed E-state index contributed by atoms with van der Waals surface area (Å²) in [5.41, 5.74) is 3.20. The zero-order valence-corrected chi connectivity index (χ0v) is 10.2. The summed E-state index contributed by atoms with van der Waals surface area (Å²) < 4.78 is 5.05. The van der Waals surface area contributed by atoms with Crippen molar-refractivity contribution in [3.8, 4) is 0 Å². The van der Waals surface area contributed by atoms with Crippen molar-refractivity contribution < 1.29 is 9.53 Å². The lowest BCUT2D eigenvalue weighted by Crippen LogP contribution is -2.52. The standard InChI is InChI=1S/C12H19N3O2/c1-12(2,15-13)9-14-11(16)17-8-10-6-4-3-5-7-10/h3-7,15H,8-9,13H2,1-2H3,(H,14,16). The molecule has 94 valence electrons. The molecule has 5 nitrogen and oxygen atoms in total. The molecule has 0 fully saturated rings. The van der Waals surface area contributed by atoms with Gasteiger partial charge < -0.3 is 10.1 Å². The number of alkyl carbamates (subject to hydrolysis) is 1. The molecule has 0 saturated heterocycles. The number of hydrogen-bond acceptors (Lipinski definition) is 4. The van der Waals surface area contributed by atoms with E-state index < -0.39 is 6.09 Å². The summed E-state index contributed by atoms with van der Waals surface area (Å²) in [7, 11) is 0. The predicted molar refractivity (Wildman–Crippen MR) is 66.0 cm³/mol. The Hall–Kier alpha value is -1.59. The van der Waals surface area contributed by atoms with Crippen molar-refractivity contribution in [1.82, 2.24) is 10.7 Å². The average Bonchev–Trinajstić information content (AvgIpc) is 2.35. The Bertz CT molecular complexity index is 352. The van der Waals surface area contributed by atoms with Gasteiger partial charge in [-0.25, -0.2) is 4.79 Å². The fourth-order valence-corrected chi connectivity index (χ4v) is 1.12. The first-order chi connectivity index (χ1) is 8.03. The number of benzene rings is 1. The minimum absolute atomic E-state index is 0.267. The molecule has 0 aliphatic heterocycles. The van der Waals surface area contributed by atoms with Crippen molar-refractivity contribution in [2.45, 2.75) is 26.0 Å². The Morgan fingerprint density at radius 3 is 2.59 bits per heavy atom. The first-order valence-electron chi connectivity index (χ1n) is 5.46. The molecule has 0 bridgehead atoms. The number of carbonyl (C=O) groups is 1. The van der Waals surface area contributed by atoms with Crippen molar-refractivity contribution in [2.75, 3.05) is 6.54 Å². The van der Waals surface area contributed by atoms with E-state index in [2.05, 4.69) is 10.7 Å². The number of rotatable bonds is 5. The second-order valence-corrected chi connectivity index (χ2v) is 4.44. The van der Waals surface area contributed by atoms with E-state index in [9.17, 15) is 4.79 Å². The average molecular weight is 237 g/mol. The van der Waals surface area contributed by atoms with Crippen LogP contribution in [-0.2, 0) is 11.3 Å². The van der Waals surface area contributed by atoms with Gasteiger partial charge in [0, 0.05) is 12.1 Å². The van der Waals surface area contributed by atoms with Crippen LogP contribution in [0.4, 0.5) is 4.79 Å². The van der Waals surface area contributed by atoms with Crippen LogP contribution < -0.4 is 16.6 Å². The molecule has 1 rings (SSSR count). The zero-order chi connectivity index (χ0) is 12.7. The number of amides is 1. The molecule has 5 heteroatoms. The summed E-state index contributed by atoms with van der Waals surface area (Å²) in [4.78, 5) is 11.4. The van der Waals surface area contributed by atoms with Crippen molar-refractivity contribution in [1.29, 1.82) is 0 Å². The molecule has 0 aliphatic carbocycles. The van der Waals surface area contributed by atoms with Gasteiger partial charge in [0.15, 0.2) is 0 Å². The molecule has 0 radical (unpaired) electrons. The van der Waals surface area contributed by atoms with Gasteiger partial charge in [0.2, 0.25) is 0 Å². The Morgan fingerprint density at radius 1 is 1.35 bits per heavy atom. The van der Waals surface area contributed by atoms with Crippen molar-refractivity contribution in [2.24, 2.45) is 5.84 Å². The number of nitrogens with one attached hydrogen (secondary N) is 2. The van der Waals surface area contributed by atoms with Crippen LogP contribution in [0.1, 0.15) is 19.4 Å². The minimum atomic E-state index is -0.447. The van der Waals surface area contributed by atoms with Gasteiger partial charge in [-0.1, -0.05) is 30.3 Å². The van der Waals surface area contributed by atoms with Gasteiger partial charge in [0.05, 0.1) is 0 Å². The predicted octanol–water partition coefficient (Wildman–Crippen LogP) is 1.15. The van der Waals surface area contributed by atoms with E-state index in [0.29, 0.717) is 6.54 Å². The first kappa shape index (κ1) is 13.5. The fraction of sp³-hybridized carbons (Fsp3) is 0.417. The third kappa shape index (κ3) is 5.33. The van der Waals surface area contributed by atoms with Crippen molar-refractivity contribution in [3.63, 3.8) is 0 Å². The number of nitrogens with two attached hydrogens (primary N) is 1. The highest BCUT2D eigenvalue weighted by Gasteiger charge is 2.16. The second kappa shape index (κ2) is 6.22. The highest BCUT2D eigenvalue weighted by molar-refractivity contribution is 5.67. The third-order valence-electron chi connectivity index (χ3n) is 2.28. The maximum atomic E-state index is 11.4. The lowest BCUT2D eigenvalue weighted by Gasteiger charge is -2.23. The summed E-state index contributed by atoms with van der Waals surface area (Å²) in [6, 6.07) is 9.52. The normalized spacial score (nSPS) is 11.0. The number of ether oxygens (including phenoxy) is 1. The quantitative estimate of drug-likeness (QED) is 0.530. The van der Waals surface area contributed by atoms with Gasteiger partial charge in [-0.3, -0.25) is 11.3 Å². The zero-order valence-electron chi connectivity index (χ0n) is 10.2. The minimum Gasteiger partial charge on any atom is -0.445 e. The Balaban J connectivity index is 2.27. The molecular weight excluding hydrogens is 218 g/mol. The molecule has 0 heterocycles. The van der Waals surface area contributed by atoms with Crippen molar-refractivity contribution >= 4 is 6.09 Å². The number of hydrogen-bond donors (Lipinski definition) is 3. The highest BCUT2D eigenvalue weighted by atomic mass is 16.5. The lowest BCUT2D eigenvalue weighted by molar-refractivity contribution is 0.136. The van der Waals surface area contributed by atoms with Crippen LogP contribution in [-0.4, -0.2) is 18.2 Å². The maximum absolute atomic E-state index is 11.4. The molecule has 0 aromatic heterocycles. The van der Waals surface area contributed by atoms with Crippen LogP contribution in [0, 0.1) is 0 Å². The SMILES string of the molecule is CC(C)(CNC(=O)OCc1ccccc1)NN. The largest absolute Gasteiger partial charge is 0.445 e. The summed E-state index contributed by atoms with van der Waals surface area (Å²) >= 11 is 0. The summed E-state index contributed by atoms with van der Waals surface area (Å²) in [6.45, 7) is 4.43. The van der Waals surface area contributed by atoms with Crippen LogP contribution in [0.25, 0.3) is 0 Å². The summed E-state index contributed by atoms with van der Waals surface area (Å²) in [5, 5.41) is 2.64. The maximum Gasteiger partial charge on any atom is 0.407 e. The first-order valence-corrected chi connectivity index (χ1v) is 5.46. The topological polar surface area (TPSA) is 76.4 Å². The molecule has 1 amide bonds. The van der Waals surface area contributed by atoms with Crippen LogP contribution in [0.15, 0.2) is 30.3 Å². The van der Waals surface area contributed by atoms with Crippen LogP contribution in [0.3, 0.4) is 0 Å². The molecule has 17 heavy (non-hydrogen) atoms. The smallest absolute Gasteiger partial charge is 0.407 e. The van der Waals surface area contributed by atoms with Gasteiger partial charge in [0.25, 0.3) is 0 Å². The molecule has 0 spiro atoms. The third-order valence-corrected chi connectivity index (χ3v) is 2.28. The van der Waals surface area contributed by atoms with E-state index in [4.69, 9.17) is 10.6 Å². The molecule has 1 aromatic rings. The van der Waals surface area contributed by atoms with E-state index in [0.717, 1.165) is 5.56 Å². The molecule has 1 aromatic carbocycles. The summed E-state index contributed by atoms with van der Waals surface area (Å²) in [6.07, 6.45) is -0.447. The molecule has 0 saturated carbocycles. The number of hydrazine groups is 1. The summed E-state index contributed by atoms with van der Waals surface area (Å²) in [5.74, 6) is 5.32. The van der Waals surface area contributed by atoms with Gasteiger partial charge in [-0.2, -0.15) is 0 Å². The van der Waals surface area contributed by atoms with Gasteiger partial charge in [0.1, 0.15) is 6.61 Å². The number of carbonyl (C=O) groups excluding carboxylic acids is 1. The van der Waals surface area contributed by atoms with E-state index in [1.807, 2.05) is 44.2 Å².